The molecule has 1 aliphatic rings. The van der Waals surface area contributed by atoms with Crippen LogP contribution in [0.5, 0.6) is 0 Å². The highest BCUT2D eigenvalue weighted by atomic mass is 32.1. The molecule has 1 N–H and O–H groups in total. The molecular formula is C24H30N8S. The summed E-state index contributed by atoms with van der Waals surface area (Å²) in [5.41, 5.74) is 5.01. The standard InChI is InChI=1S/C24H30N8S/c1-16(2)23-29-30-24(33-23)28-22-8-7-20-21(27-22)13-18(14-25-20)19-15-26-32(17(19)3)12-6-11-31-9-4-5-10-31/h7-8,13-16H,4-6,9-12H2,1-3H3,(H,27,28,30). The van der Waals surface area contributed by atoms with Crippen molar-refractivity contribution in [2.24, 2.45) is 0 Å². The molecule has 172 valence electrons. The Balaban J connectivity index is 1.32. The average Bonchev–Trinajstić information content (AvgIpc) is 3.56. The van der Waals surface area contributed by atoms with Crippen LogP contribution in [0.2, 0.25) is 0 Å². The van der Waals surface area contributed by atoms with Crippen LogP contribution < -0.4 is 5.32 Å². The largest absolute Gasteiger partial charge is 0.315 e. The smallest absolute Gasteiger partial charge is 0.211 e. The second kappa shape index (κ2) is 9.52. The molecule has 33 heavy (non-hydrogen) atoms. The Morgan fingerprint density at radius 1 is 1.06 bits per heavy atom. The Hall–Kier alpha value is -2.91. The third kappa shape index (κ3) is 4.89. The Bertz CT molecular complexity index is 1240. The fourth-order valence-corrected chi connectivity index (χ4v) is 5.01. The minimum absolute atomic E-state index is 0.360. The van der Waals surface area contributed by atoms with Crippen LogP contribution in [0.1, 0.15) is 49.7 Å². The van der Waals surface area contributed by atoms with Crippen molar-refractivity contribution in [3.05, 3.63) is 41.3 Å². The number of nitrogens with zero attached hydrogens (tertiary/aromatic N) is 7. The summed E-state index contributed by atoms with van der Waals surface area (Å²) in [5, 5.41) is 18.2. The number of hydrogen-bond acceptors (Lipinski definition) is 8. The lowest BCUT2D eigenvalue weighted by Crippen LogP contribution is -2.21. The monoisotopic (exact) mass is 462 g/mol. The number of anilines is 2. The number of aromatic nitrogens is 6. The van der Waals surface area contributed by atoms with E-state index in [-0.39, 0.29) is 0 Å². The highest BCUT2D eigenvalue weighted by molar-refractivity contribution is 7.15. The van der Waals surface area contributed by atoms with Crippen LogP contribution in [-0.4, -0.2) is 54.5 Å². The van der Waals surface area contributed by atoms with Crippen LogP contribution in [0.25, 0.3) is 22.2 Å². The molecule has 5 heterocycles. The predicted molar refractivity (Wildman–Crippen MR) is 133 cm³/mol. The van der Waals surface area contributed by atoms with Gasteiger partial charge in [-0.05, 0) is 64.0 Å². The molecule has 0 aromatic carbocycles. The van der Waals surface area contributed by atoms with Crippen LogP contribution >= 0.6 is 11.3 Å². The first kappa shape index (κ1) is 21.9. The van der Waals surface area contributed by atoms with Gasteiger partial charge in [-0.2, -0.15) is 5.10 Å². The predicted octanol–water partition coefficient (Wildman–Crippen LogP) is 5.01. The number of aryl methyl sites for hydroxylation is 1. The Morgan fingerprint density at radius 2 is 1.91 bits per heavy atom. The van der Waals surface area contributed by atoms with E-state index in [4.69, 9.17) is 4.98 Å². The molecule has 1 saturated heterocycles. The first-order valence-corrected chi connectivity index (χ1v) is 12.5. The fourth-order valence-electron chi connectivity index (χ4n) is 4.26. The first-order chi connectivity index (χ1) is 16.1. The van der Waals surface area contributed by atoms with Crippen molar-refractivity contribution in [3.63, 3.8) is 0 Å². The quantitative estimate of drug-likeness (QED) is 0.394. The van der Waals surface area contributed by atoms with E-state index >= 15 is 0 Å². The van der Waals surface area contributed by atoms with Gasteiger partial charge in [0.05, 0.1) is 17.2 Å². The van der Waals surface area contributed by atoms with Gasteiger partial charge in [0.2, 0.25) is 5.13 Å². The summed E-state index contributed by atoms with van der Waals surface area (Å²) in [7, 11) is 0. The van der Waals surface area contributed by atoms with Crippen molar-refractivity contribution in [1.82, 2.24) is 34.8 Å². The maximum Gasteiger partial charge on any atom is 0.211 e. The van der Waals surface area contributed by atoms with Crippen LogP contribution in [0.3, 0.4) is 0 Å². The molecule has 0 radical (unpaired) electrons. The van der Waals surface area contributed by atoms with Gasteiger partial charge >= 0.3 is 0 Å². The van der Waals surface area contributed by atoms with E-state index in [1.807, 2.05) is 24.5 Å². The summed E-state index contributed by atoms with van der Waals surface area (Å²) < 4.78 is 2.11. The van der Waals surface area contributed by atoms with Gasteiger partial charge in [-0.1, -0.05) is 25.2 Å². The highest BCUT2D eigenvalue weighted by Crippen LogP contribution is 2.28. The Labute approximate surface area is 198 Å². The Kier molecular flexibility index (Phi) is 6.32. The molecule has 4 aromatic rings. The lowest BCUT2D eigenvalue weighted by Gasteiger charge is -2.14. The second-order valence-electron chi connectivity index (χ2n) is 8.95. The van der Waals surface area contributed by atoms with Crippen molar-refractivity contribution in [2.75, 3.05) is 25.0 Å². The number of hydrogen-bond donors (Lipinski definition) is 1. The summed E-state index contributed by atoms with van der Waals surface area (Å²) >= 11 is 1.56. The zero-order valence-electron chi connectivity index (χ0n) is 19.5. The maximum atomic E-state index is 4.77. The number of nitrogens with one attached hydrogen (secondary N) is 1. The lowest BCUT2D eigenvalue weighted by molar-refractivity contribution is 0.321. The van der Waals surface area contributed by atoms with Crippen LogP contribution in [0.4, 0.5) is 10.9 Å². The molecule has 9 heteroatoms. The van der Waals surface area contributed by atoms with Crippen molar-refractivity contribution < 1.29 is 0 Å². The summed E-state index contributed by atoms with van der Waals surface area (Å²) in [5.74, 6) is 1.10. The summed E-state index contributed by atoms with van der Waals surface area (Å²) in [6.45, 7) is 10.9. The highest BCUT2D eigenvalue weighted by Gasteiger charge is 2.14. The molecule has 0 bridgehead atoms. The first-order valence-electron chi connectivity index (χ1n) is 11.7. The molecule has 0 aliphatic carbocycles. The molecule has 0 amide bonds. The normalized spacial score (nSPS) is 14.5. The molecule has 0 saturated carbocycles. The van der Waals surface area contributed by atoms with E-state index in [1.54, 1.807) is 11.3 Å². The summed E-state index contributed by atoms with van der Waals surface area (Å²) in [6, 6.07) is 5.99. The van der Waals surface area contributed by atoms with Crippen LogP contribution in [0, 0.1) is 6.92 Å². The van der Waals surface area contributed by atoms with Gasteiger partial charge in [-0.15, -0.1) is 10.2 Å². The van der Waals surface area contributed by atoms with Gasteiger partial charge in [0, 0.05) is 35.5 Å². The fraction of sp³-hybridized carbons (Fsp3) is 0.458. The topological polar surface area (TPSA) is 84.6 Å². The summed E-state index contributed by atoms with van der Waals surface area (Å²) in [6.07, 6.45) is 7.66. The molecular weight excluding hydrogens is 432 g/mol. The number of rotatable bonds is 8. The molecule has 5 rings (SSSR count). The third-order valence-electron chi connectivity index (χ3n) is 6.16. The van der Waals surface area contributed by atoms with Crippen molar-refractivity contribution in [3.8, 4) is 11.1 Å². The van der Waals surface area contributed by atoms with Crippen molar-refractivity contribution in [1.29, 1.82) is 0 Å². The number of fused-ring (bicyclic) bond motifs is 1. The minimum atomic E-state index is 0.360. The van der Waals surface area contributed by atoms with E-state index in [1.165, 1.54) is 31.6 Å². The van der Waals surface area contributed by atoms with E-state index in [2.05, 4.69) is 62.0 Å². The van der Waals surface area contributed by atoms with E-state index in [9.17, 15) is 0 Å². The van der Waals surface area contributed by atoms with E-state index < -0.39 is 0 Å². The van der Waals surface area contributed by atoms with Gasteiger partial charge < -0.3 is 10.2 Å². The molecule has 0 spiro atoms. The SMILES string of the molecule is Cc1c(-c2cnc3ccc(Nc4nnc(C(C)C)s4)nc3c2)cnn1CCCN1CCCC1. The molecule has 8 nitrogen and oxygen atoms in total. The Morgan fingerprint density at radius 3 is 2.70 bits per heavy atom. The zero-order chi connectivity index (χ0) is 22.8. The van der Waals surface area contributed by atoms with Gasteiger partial charge in [0.25, 0.3) is 0 Å². The maximum absolute atomic E-state index is 4.77. The van der Waals surface area contributed by atoms with Crippen molar-refractivity contribution >= 4 is 33.3 Å². The number of likely N-dealkylation sites (tertiary alicyclic amines) is 1. The van der Waals surface area contributed by atoms with Gasteiger partial charge in [-0.3, -0.25) is 9.67 Å². The summed E-state index contributed by atoms with van der Waals surface area (Å²) in [4.78, 5) is 12.0. The van der Waals surface area contributed by atoms with E-state index in [0.29, 0.717) is 5.92 Å². The second-order valence-corrected chi connectivity index (χ2v) is 9.96. The average molecular weight is 463 g/mol. The van der Waals surface area contributed by atoms with Gasteiger partial charge in [0.1, 0.15) is 10.8 Å². The zero-order valence-corrected chi connectivity index (χ0v) is 20.3. The van der Waals surface area contributed by atoms with Crippen molar-refractivity contribution in [2.45, 2.75) is 52.5 Å². The van der Waals surface area contributed by atoms with Gasteiger partial charge in [0.15, 0.2) is 0 Å². The molecule has 4 aromatic heterocycles. The lowest BCUT2D eigenvalue weighted by atomic mass is 10.1. The third-order valence-corrected chi connectivity index (χ3v) is 7.30. The van der Waals surface area contributed by atoms with Crippen LogP contribution in [0.15, 0.2) is 30.6 Å². The molecule has 1 fully saturated rings. The molecule has 1 aliphatic heterocycles. The molecule has 0 atom stereocenters. The van der Waals surface area contributed by atoms with Crippen LogP contribution in [-0.2, 0) is 6.54 Å². The minimum Gasteiger partial charge on any atom is -0.315 e. The molecule has 0 unspecified atom stereocenters. The van der Waals surface area contributed by atoms with Gasteiger partial charge in [-0.25, -0.2) is 4.98 Å². The number of pyridine rings is 2. The van der Waals surface area contributed by atoms with E-state index in [0.717, 1.165) is 57.6 Å².